The largest absolute Gasteiger partial charge is 0.480 e. The zero-order valence-electron chi connectivity index (χ0n) is 11.7. The smallest absolute Gasteiger partial charge is 0.323 e. The van der Waals surface area contributed by atoms with Gasteiger partial charge in [0, 0.05) is 19.7 Å². The number of carbonyl (C=O) groups excluding carboxylic acids is 1. The highest BCUT2D eigenvalue weighted by Gasteiger charge is 2.20. The van der Waals surface area contributed by atoms with Crippen LogP contribution in [0, 0.1) is 11.8 Å². The molecule has 0 aliphatic carbocycles. The number of hydrogen-bond donors (Lipinski definition) is 2. The predicted molar refractivity (Wildman–Crippen MR) is 71.0 cm³/mol. The minimum absolute atomic E-state index is 0.239. The number of nitrogens with one attached hydrogen (secondary N) is 1. The van der Waals surface area contributed by atoms with Gasteiger partial charge in [0.15, 0.2) is 0 Å². The second-order valence-corrected chi connectivity index (χ2v) is 5.44. The molecule has 1 aliphatic heterocycles. The van der Waals surface area contributed by atoms with Gasteiger partial charge < -0.3 is 20.1 Å². The lowest BCUT2D eigenvalue weighted by Crippen LogP contribution is -2.46. The van der Waals surface area contributed by atoms with Crippen LogP contribution >= 0.6 is 0 Å². The molecule has 1 fully saturated rings. The van der Waals surface area contributed by atoms with Gasteiger partial charge in [0.05, 0.1) is 6.61 Å². The first-order valence-electron chi connectivity index (χ1n) is 6.81. The van der Waals surface area contributed by atoms with Gasteiger partial charge >= 0.3 is 12.0 Å². The summed E-state index contributed by atoms with van der Waals surface area (Å²) in [5, 5.41) is 11.6. The van der Waals surface area contributed by atoms with Crippen molar-refractivity contribution >= 4 is 12.0 Å². The lowest BCUT2D eigenvalue weighted by Gasteiger charge is -2.26. The van der Waals surface area contributed by atoms with Crippen molar-refractivity contribution in [2.75, 3.05) is 32.8 Å². The van der Waals surface area contributed by atoms with Gasteiger partial charge in [0.1, 0.15) is 6.54 Å². The van der Waals surface area contributed by atoms with E-state index in [-0.39, 0.29) is 18.5 Å². The zero-order chi connectivity index (χ0) is 14.3. The molecule has 0 spiro atoms. The van der Waals surface area contributed by atoms with Crippen molar-refractivity contribution in [2.24, 2.45) is 11.8 Å². The normalized spacial score (nSPS) is 19.2. The molecule has 1 rings (SSSR count). The molecule has 6 heteroatoms. The zero-order valence-corrected chi connectivity index (χ0v) is 11.7. The summed E-state index contributed by atoms with van der Waals surface area (Å²) in [5.74, 6) is -0.414. The summed E-state index contributed by atoms with van der Waals surface area (Å²) in [6.07, 6.45) is 2.06. The molecule has 1 unspecified atom stereocenters. The molecule has 1 aliphatic rings. The Morgan fingerprint density at radius 3 is 2.74 bits per heavy atom. The van der Waals surface area contributed by atoms with Crippen LogP contribution in [0.5, 0.6) is 0 Å². The number of rotatable bonds is 6. The summed E-state index contributed by atoms with van der Waals surface area (Å²) in [5.41, 5.74) is 0. The lowest BCUT2D eigenvalue weighted by atomic mass is 10.0. The molecular weight excluding hydrogens is 248 g/mol. The van der Waals surface area contributed by atoms with Crippen LogP contribution in [0.2, 0.25) is 0 Å². The SMILES string of the molecule is CC(C)CN(CC(=O)O)C(=O)NCC1CCCOC1. The Kier molecular flexibility index (Phi) is 6.62. The summed E-state index contributed by atoms with van der Waals surface area (Å²) in [7, 11) is 0. The lowest BCUT2D eigenvalue weighted by molar-refractivity contribution is -0.137. The average Bonchev–Trinajstić information content (AvgIpc) is 2.35. The van der Waals surface area contributed by atoms with E-state index in [9.17, 15) is 9.59 Å². The molecule has 1 saturated heterocycles. The Labute approximate surface area is 114 Å². The fourth-order valence-corrected chi connectivity index (χ4v) is 2.14. The number of carbonyl (C=O) groups is 2. The Hall–Kier alpha value is -1.30. The molecule has 0 aromatic rings. The molecule has 0 radical (unpaired) electrons. The van der Waals surface area contributed by atoms with Crippen molar-refractivity contribution in [2.45, 2.75) is 26.7 Å². The second-order valence-electron chi connectivity index (χ2n) is 5.44. The summed E-state index contributed by atoms with van der Waals surface area (Å²) < 4.78 is 5.34. The Bertz CT molecular complexity index is 301. The number of carboxylic acids is 1. The van der Waals surface area contributed by atoms with Gasteiger partial charge in [0.2, 0.25) is 0 Å². The summed E-state index contributed by atoms with van der Waals surface area (Å²) >= 11 is 0. The Balaban J connectivity index is 2.39. The van der Waals surface area contributed by atoms with E-state index in [4.69, 9.17) is 9.84 Å². The summed E-state index contributed by atoms with van der Waals surface area (Å²) in [6, 6.07) is -0.304. The average molecular weight is 272 g/mol. The van der Waals surface area contributed by atoms with Crippen molar-refractivity contribution in [3.8, 4) is 0 Å². The van der Waals surface area contributed by atoms with E-state index in [2.05, 4.69) is 5.32 Å². The van der Waals surface area contributed by atoms with E-state index in [0.29, 0.717) is 25.6 Å². The van der Waals surface area contributed by atoms with E-state index < -0.39 is 5.97 Å². The van der Waals surface area contributed by atoms with Gasteiger partial charge in [0.25, 0.3) is 0 Å². The summed E-state index contributed by atoms with van der Waals surface area (Å²) in [4.78, 5) is 24.1. The maximum Gasteiger partial charge on any atom is 0.323 e. The number of ether oxygens (including phenoxy) is 1. The van der Waals surface area contributed by atoms with Gasteiger partial charge in [-0.25, -0.2) is 4.79 Å². The number of aliphatic carboxylic acids is 1. The molecule has 0 bridgehead atoms. The van der Waals surface area contributed by atoms with Gasteiger partial charge in [-0.1, -0.05) is 13.8 Å². The van der Waals surface area contributed by atoms with Gasteiger partial charge in [-0.15, -0.1) is 0 Å². The topological polar surface area (TPSA) is 78.9 Å². The second kappa shape index (κ2) is 7.99. The molecular formula is C13H24N2O4. The van der Waals surface area contributed by atoms with Crippen molar-refractivity contribution in [3.63, 3.8) is 0 Å². The quantitative estimate of drug-likeness (QED) is 0.760. The fourth-order valence-electron chi connectivity index (χ4n) is 2.14. The maximum atomic E-state index is 12.0. The third-order valence-corrected chi connectivity index (χ3v) is 3.00. The van der Waals surface area contributed by atoms with Gasteiger partial charge in [-0.05, 0) is 24.7 Å². The molecule has 0 aromatic carbocycles. The van der Waals surface area contributed by atoms with Crippen LogP contribution in [0.15, 0.2) is 0 Å². The van der Waals surface area contributed by atoms with Crippen LogP contribution in [0.3, 0.4) is 0 Å². The highest BCUT2D eigenvalue weighted by Crippen LogP contribution is 2.12. The van der Waals surface area contributed by atoms with Gasteiger partial charge in [-0.2, -0.15) is 0 Å². The fraction of sp³-hybridized carbons (Fsp3) is 0.846. The highest BCUT2D eigenvalue weighted by atomic mass is 16.5. The number of amides is 2. The van der Waals surface area contributed by atoms with Crippen molar-refractivity contribution < 1.29 is 19.4 Å². The molecule has 0 aromatic heterocycles. The van der Waals surface area contributed by atoms with Crippen LogP contribution in [0.4, 0.5) is 4.79 Å². The minimum Gasteiger partial charge on any atom is -0.480 e. The third kappa shape index (κ3) is 6.42. The van der Waals surface area contributed by atoms with E-state index in [1.165, 1.54) is 4.90 Å². The van der Waals surface area contributed by atoms with Crippen LogP contribution < -0.4 is 5.32 Å². The monoisotopic (exact) mass is 272 g/mol. The minimum atomic E-state index is -0.989. The molecule has 2 N–H and O–H groups in total. The van der Waals surface area contributed by atoms with Crippen LogP contribution in [-0.4, -0.2) is 54.9 Å². The maximum absolute atomic E-state index is 12.0. The van der Waals surface area contributed by atoms with Gasteiger partial charge in [-0.3, -0.25) is 4.79 Å². The third-order valence-electron chi connectivity index (χ3n) is 3.00. The van der Waals surface area contributed by atoms with Crippen LogP contribution in [-0.2, 0) is 9.53 Å². The molecule has 110 valence electrons. The number of carboxylic acid groups (broad SMARTS) is 1. The standard InChI is InChI=1S/C13H24N2O4/c1-10(2)7-15(8-12(16)17)13(18)14-6-11-4-3-5-19-9-11/h10-11H,3-9H2,1-2H3,(H,14,18)(H,16,17). The van der Waals surface area contributed by atoms with E-state index in [0.717, 1.165) is 19.4 Å². The first-order chi connectivity index (χ1) is 8.99. The van der Waals surface area contributed by atoms with Crippen molar-refractivity contribution in [1.82, 2.24) is 10.2 Å². The van der Waals surface area contributed by atoms with Crippen LogP contribution in [0.1, 0.15) is 26.7 Å². The summed E-state index contributed by atoms with van der Waals surface area (Å²) in [6.45, 7) is 6.11. The van der Waals surface area contributed by atoms with Crippen molar-refractivity contribution in [3.05, 3.63) is 0 Å². The first kappa shape index (κ1) is 15.8. The predicted octanol–water partition coefficient (Wildman–Crippen LogP) is 1.17. The molecule has 1 atom stereocenters. The van der Waals surface area contributed by atoms with Crippen molar-refractivity contribution in [1.29, 1.82) is 0 Å². The molecule has 2 amide bonds. The molecule has 1 heterocycles. The number of urea groups is 1. The molecule has 19 heavy (non-hydrogen) atoms. The first-order valence-corrected chi connectivity index (χ1v) is 6.81. The number of hydrogen-bond acceptors (Lipinski definition) is 3. The molecule has 0 saturated carbocycles. The van der Waals surface area contributed by atoms with Crippen LogP contribution in [0.25, 0.3) is 0 Å². The van der Waals surface area contributed by atoms with E-state index in [1.54, 1.807) is 0 Å². The highest BCUT2D eigenvalue weighted by molar-refractivity contribution is 5.80. The van der Waals surface area contributed by atoms with E-state index >= 15 is 0 Å². The van der Waals surface area contributed by atoms with E-state index in [1.807, 2.05) is 13.8 Å². The molecule has 6 nitrogen and oxygen atoms in total. The Morgan fingerprint density at radius 1 is 1.47 bits per heavy atom. The number of nitrogens with zero attached hydrogens (tertiary/aromatic N) is 1. The Morgan fingerprint density at radius 2 is 2.21 bits per heavy atom.